The van der Waals surface area contributed by atoms with Gasteiger partial charge in [-0.25, -0.2) is 15.0 Å². The van der Waals surface area contributed by atoms with E-state index in [4.69, 9.17) is 9.72 Å². The third-order valence-electron chi connectivity index (χ3n) is 6.87. The Hall–Kier alpha value is -3.07. The molecule has 2 aliphatic rings. The number of hydrogen-bond acceptors (Lipinski definition) is 8. The van der Waals surface area contributed by atoms with E-state index in [1.165, 1.54) is 0 Å². The zero-order chi connectivity index (χ0) is 23.4. The van der Waals surface area contributed by atoms with Crippen LogP contribution < -0.4 is 4.90 Å². The summed E-state index contributed by atoms with van der Waals surface area (Å²) in [7, 11) is 0. The third-order valence-corrected chi connectivity index (χ3v) is 7.90. The molecule has 1 saturated heterocycles. The molecule has 0 unspecified atom stereocenters. The Labute approximate surface area is 203 Å². The molecule has 0 N–H and O–H groups in total. The summed E-state index contributed by atoms with van der Waals surface area (Å²) in [5.41, 5.74) is 0.382. The Bertz CT molecular complexity index is 1100. The monoisotopic (exact) mass is 479 g/mol. The number of carbonyl (C=O) groups excluding carboxylic acids is 2. The van der Waals surface area contributed by atoms with E-state index in [2.05, 4.69) is 20.9 Å². The minimum Gasteiger partial charge on any atom is -0.455 e. The molecule has 1 amide bonds. The van der Waals surface area contributed by atoms with Gasteiger partial charge in [-0.05, 0) is 31.0 Å². The molecular formula is C25H29N5O3S. The maximum atomic E-state index is 13.3. The van der Waals surface area contributed by atoms with Crippen LogP contribution in [0.15, 0.2) is 42.7 Å². The summed E-state index contributed by atoms with van der Waals surface area (Å²) in [5, 5.41) is 0.964. The van der Waals surface area contributed by atoms with Crippen molar-refractivity contribution in [1.82, 2.24) is 19.9 Å². The Morgan fingerprint density at radius 1 is 0.971 bits per heavy atom. The van der Waals surface area contributed by atoms with E-state index in [0.29, 0.717) is 38.5 Å². The highest BCUT2D eigenvalue weighted by Crippen LogP contribution is 2.41. The number of esters is 1. The quantitative estimate of drug-likeness (QED) is 0.500. The van der Waals surface area contributed by atoms with Crippen LogP contribution in [0.5, 0.6) is 0 Å². The highest BCUT2D eigenvalue weighted by Gasteiger charge is 2.42. The maximum absolute atomic E-state index is 13.3. The number of rotatable bonds is 6. The Morgan fingerprint density at radius 2 is 1.71 bits per heavy atom. The molecule has 3 heterocycles. The largest absolute Gasteiger partial charge is 0.455 e. The van der Waals surface area contributed by atoms with Gasteiger partial charge in [-0.2, -0.15) is 0 Å². The Balaban J connectivity index is 1.19. The van der Waals surface area contributed by atoms with E-state index >= 15 is 0 Å². The molecule has 1 aromatic carbocycles. The normalized spacial score (nSPS) is 18.1. The second-order valence-corrected chi connectivity index (χ2v) is 10.2. The average Bonchev–Trinajstić information content (AvgIpc) is 3.30. The van der Waals surface area contributed by atoms with Crippen molar-refractivity contribution in [3.05, 3.63) is 47.7 Å². The van der Waals surface area contributed by atoms with Gasteiger partial charge in [-0.3, -0.25) is 9.59 Å². The van der Waals surface area contributed by atoms with Gasteiger partial charge in [0.05, 0.1) is 20.6 Å². The van der Waals surface area contributed by atoms with Crippen molar-refractivity contribution < 1.29 is 14.3 Å². The smallest absolute Gasteiger partial charge is 0.313 e. The van der Waals surface area contributed by atoms with Crippen molar-refractivity contribution >= 4 is 39.4 Å². The molecule has 1 saturated carbocycles. The summed E-state index contributed by atoms with van der Waals surface area (Å²) in [5.74, 6) is 0.277. The van der Waals surface area contributed by atoms with Crippen molar-refractivity contribution in [1.29, 1.82) is 0 Å². The number of hydrogen-bond donors (Lipinski definition) is 0. The van der Waals surface area contributed by atoms with Gasteiger partial charge in [0.2, 0.25) is 5.95 Å². The van der Waals surface area contributed by atoms with Crippen LogP contribution in [-0.2, 0) is 20.7 Å². The summed E-state index contributed by atoms with van der Waals surface area (Å²) in [6.45, 7) is 2.23. The first-order valence-corrected chi connectivity index (χ1v) is 12.8. The lowest BCUT2D eigenvalue weighted by Gasteiger charge is -2.36. The van der Waals surface area contributed by atoms with Crippen LogP contribution in [0.1, 0.15) is 37.1 Å². The highest BCUT2D eigenvalue weighted by molar-refractivity contribution is 7.18. The minimum atomic E-state index is -0.588. The number of aromatic nitrogens is 3. The lowest BCUT2D eigenvalue weighted by Crippen LogP contribution is -2.50. The molecule has 0 atom stereocenters. The van der Waals surface area contributed by atoms with Crippen molar-refractivity contribution in [2.24, 2.45) is 5.41 Å². The zero-order valence-electron chi connectivity index (χ0n) is 19.2. The molecule has 34 heavy (non-hydrogen) atoms. The maximum Gasteiger partial charge on any atom is 0.313 e. The number of anilines is 1. The Morgan fingerprint density at radius 3 is 2.44 bits per heavy atom. The first-order valence-electron chi connectivity index (χ1n) is 11.9. The fraction of sp³-hybridized carbons (Fsp3) is 0.480. The molecule has 0 radical (unpaired) electrons. The number of ether oxygens (including phenoxy) is 1. The molecule has 2 aromatic heterocycles. The van der Waals surface area contributed by atoms with Gasteiger partial charge in [0.1, 0.15) is 0 Å². The van der Waals surface area contributed by atoms with Gasteiger partial charge in [-0.1, -0.05) is 31.4 Å². The van der Waals surface area contributed by atoms with E-state index in [9.17, 15) is 9.59 Å². The SMILES string of the molecule is O=C(COC(=O)C1(Cc2nc3ccccc3s2)CCCCC1)N1CCN(c2ncccn2)CC1. The minimum absolute atomic E-state index is 0.145. The van der Waals surface area contributed by atoms with Crippen LogP contribution in [0.2, 0.25) is 0 Å². The van der Waals surface area contributed by atoms with Gasteiger partial charge >= 0.3 is 5.97 Å². The van der Waals surface area contributed by atoms with Gasteiger partial charge in [0.15, 0.2) is 6.61 Å². The number of para-hydroxylation sites is 1. The third kappa shape index (κ3) is 4.89. The van der Waals surface area contributed by atoms with E-state index < -0.39 is 5.41 Å². The lowest BCUT2D eigenvalue weighted by molar-refractivity contribution is -0.163. The van der Waals surface area contributed by atoms with Crippen LogP contribution in [0.3, 0.4) is 0 Å². The fourth-order valence-electron chi connectivity index (χ4n) is 4.95. The molecule has 0 bridgehead atoms. The predicted octanol–water partition coefficient (Wildman–Crippen LogP) is 3.47. The first kappa shape index (κ1) is 22.7. The van der Waals surface area contributed by atoms with Gasteiger partial charge in [0, 0.05) is 45.0 Å². The zero-order valence-corrected chi connectivity index (χ0v) is 20.0. The molecule has 2 fully saturated rings. The predicted molar refractivity (Wildman–Crippen MR) is 131 cm³/mol. The van der Waals surface area contributed by atoms with E-state index in [-0.39, 0.29) is 18.5 Å². The van der Waals surface area contributed by atoms with Gasteiger partial charge in [0.25, 0.3) is 5.91 Å². The van der Waals surface area contributed by atoms with Crippen LogP contribution >= 0.6 is 11.3 Å². The number of piperazine rings is 1. The highest BCUT2D eigenvalue weighted by atomic mass is 32.1. The van der Waals surface area contributed by atoms with Crippen molar-refractivity contribution in [3.63, 3.8) is 0 Å². The van der Waals surface area contributed by atoms with E-state index in [1.54, 1.807) is 34.7 Å². The fourth-order valence-corrected chi connectivity index (χ4v) is 6.06. The molecule has 178 valence electrons. The number of amides is 1. The number of fused-ring (bicyclic) bond motifs is 1. The average molecular weight is 480 g/mol. The van der Waals surface area contributed by atoms with Crippen molar-refractivity contribution in [3.8, 4) is 0 Å². The molecule has 5 rings (SSSR count). The standard InChI is InChI=1S/C25H29N5O3S/c31-22(29-13-15-30(16-14-29)24-26-11-6-12-27-24)18-33-23(32)25(9-4-1-5-10-25)17-21-28-19-7-2-3-8-20(19)34-21/h2-3,6-8,11-12H,1,4-5,9-10,13-18H2. The summed E-state index contributed by atoms with van der Waals surface area (Å²) in [4.78, 5) is 43.2. The van der Waals surface area contributed by atoms with E-state index in [1.807, 2.05) is 18.2 Å². The van der Waals surface area contributed by atoms with Gasteiger partial charge in [-0.15, -0.1) is 11.3 Å². The second kappa shape index (κ2) is 10.0. The first-order chi connectivity index (χ1) is 16.6. The molecule has 8 nitrogen and oxygen atoms in total. The number of nitrogens with zero attached hydrogens (tertiary/aromatic N) is 5. The summed E-state index contributed by atoms with van der Waals surface area (Å²) in [6.07, 6.45) is 8.70. The van der Waals surface area contributed by atoms with Crippen molar-refractivity contribution in [2.45, 2.75) is 38.5 Å². The van der Waals surface area contributed by atoms with Gasteiger partial charge < -0.3 is 14.5 Å². The Kier molecular flexibility index (Phi) is 6.71. The molecule has 1 aliphatic heterocycles. The van der Waals surface area contributed by atoms with E-state index in [0.717, 1.165) is 47.3 Å². The molecule has 1 aliphatic carbocycles. The molecule has 9 heteroatoms. The van der Waals surface area contributed by atoms with Crippen molar-refractivity contribution in [2.75, 3.05) is 37.7 Å². The lowest BCUT2D eigenvalue weighted by atomic mass is 9.72. The van der Waals surface area contributed by atoms with Crippen LogP contribution in [0.25, 0.3) is 10.2 Å². The molecular weight excluding hydrogens is 450 g/mol. The number of thiazole rings is 1. The van der Waals surface area contributed by atoms with Crippen LogP contribution in [0, 0.1) is 5.41 Å². The topological polar surface area (TPSA) is 88.5 Å². The molecule has 3 aromatic rings. The number of benzene rings is 1. The number of carbonyl (C=O) groups is 2. The molecule has 0 spiro atoms. The second-order valence-electron chi connectivity index (χ2n) is 9.09. The summed E-state index contributed by atoms with van der Waals surface area (Å²) < 4.78 is 6.80. The summed E-state index contributed by atoms with van der Waals surface area (Å²) >= 11 is 1.64. The van der Waals surface area contributed by atoms with Crippen LogP contribution in [0.4, 0.5) is 5.95 Å². The van der Waals surface area contributed by atoms with Crippen LogP contribution in [-0.4, -0.2) is 64.5 Å². The summed E-state index contributed by atoms with van der Waals surface area (Å²) in [6, 6.07) is 9.84.